The minimum absolute atomic E-state index is 0.0167. The van der Waals surface area contributed by atoms with Crippen LogP contribution in [-0.4, -0.2) is 42.4 Å². The molecule has 5 nitrogen and oxygen atoms in total. The van der Waals surface area contributed by atoms with Crippen molar-refractivity contribution in [1.82, 2.24) is 15.5 Å². The van der Waals surface area contributed by atoms with Crippen molar-refractivity contribution in [2.45, 2.75) is 32.4 Å². The lowest BCUT2D eigenvalue weighted by Crippen LogP contribution is -2.47. The molecular weight excluding hydrogens is 285 g/mol. The smallest absolute Gasteiger partial charge is 0.240 e. The number of halogens is 1. The maximum atomic E-state index is 12.8. The van der Waals surface area contributed by atoms with Gasteiger partial charge in [0.05, 0.1) is 12.6 Å². The number of hydrogen-bond donors (Lipinski definition) is 2. The van der Waals surface area contributed by atoms with E-state index in [0.29, 0.717) is 13.1 Å². The second-order valence-corrected chi connectivity index (χ2v) is 5.40. The van der Waals surface area contributed by atoms with Crippen LogP contribution in [0.2, 0.25) is 0 Å². The van der Waals surface area contributed by atoms with Crippen LogP contribution in [0.25, 0.3) is 0 Å². The molecule has 1 aromatic rings. The van der Waals surface area contributed by atoms with E-state index in [2.05, 4.69) is 10.6 Å². The lowest BCUT2D eigenvalue weighted by Gasteiger charge is -2.23. The predicted molar refractivity (Wildman–Crippen MR) is 81.5 cm³/mol. The fourth-order valence-electron chi connectivity index (χ4n) is 2.49. The highest BCUT2D eigenvalue weighted by atomic mass is 19.1. The van der Waals surface area contributed by atoms with Gasteiger partial charge in [-0.3, -0.25) is 9.59 Å². The van der Waals surface area contributed by atoms with Crippen LogP contribution in [0.3, 0.4) is 0 Å². The Morgan fingerprint density at radius 2 is 2.09 bits per heavy atom. The van der Waals surface area contributed by atoms with E-state index in [1.807, 2.05) is 6.92 Å². The number of benzene rings is 1. The van der Waals surface area contributed by atoms with Gasteiger partial charge in [0.15, 0.2) is 0 Å². The van der Waals surface area contributed by atoms with Crippen LogP contribution in [0.1, 0.15) is 25.3 Å². The van der Waals surface area contributed by atoms with Crippen LogP contribution in [0.4, 0.5) is 4.39 Å². The van der Waals surface area contributed by atoms with Crippen molar-refractivity contribution in [3.05, 3.63) is 35.6 Å². The van der Waals surface area contributed by atoms with Gasteiger partial charge in [-0.1, -0.05) is 12.1 Å². The number of likely N-dealkylation sites (N-methyl/N-ethyl adjacent to an activating group) is 1. The summed E-state index contributed by atoms with van der Waals surface area (Å²) in [6.45, 7) is 3.59. The predicted octanol–water partition coefficient (Wildman–Crippen LogP) is 1.04. The van der Waals surface area contributed by atoms with E-state index in [1.54, 1.807) is 17.0 Å². The first-order chi connectivity index (χ1) is 10.6. The molecule has 0 saturated carbocycles. The first-order valence-electron chi connectivity index (χ1n) is 7.63. The first-order valence-corrected chi connectivity index (χ1v) is 7.63. The molecule has 1 aliphatic rings. The summed E-state index contributed by atoms with van der Waals surface area (Å²) < 4.78 is 12.8. The standard InChI is InChI=1S/C16H22FN3O2/c1-2-20(16(22)14-4-3-9-18-14)11-15(21)19-10-12-5-7-13(17)8-6-12/h5-8,14,18H,2-4,9-11H2,1H3,(H,19,21). The Morgan fingerprint density at radius 3 is 2.68 bits per heavy atom. The number of nitrogens with one attached hydrogen (secondary N) is 2. The van der Waals surface area contributed by atoms with Gasteiger partial charge in [0.1, 0.15) is 5.82 Å². The van der Waals surface area contributed by atoms with Crippen LogP contribution < -0.4 is 10.6 Å². The molecule has 1 heterocycles. The van der Waals surface area contributed by atoms with Crippen molar-refractivity contribution in [3.63, 3.8) is 0 Å². The molecule has 1 saturated heterocycles. The van der Waals surface area contributed by atoms with Crippen molar-refractivity contribution in [1.29, 1.82) is 0 Å². The van der Waals surface area contributed by atoms with E-state index in [4.69, 9.17) is 0 Å². The number of rotatable bonds is 6. The van der Waals surface area contributed by atoms with Crippen molar-refractivity contribution >= 4 is 11.8 Å². The SMILES string of the molecule is CCN(CC(=O)NCc1ccc(F)cc1)C(=O)C1CCCN1. The van der Waals surface area contributed by atoms with Crippen molar-refractivity contribution in [2.75, 3.05) is 19.6 Å². The normalized spacial score (nSPS) is 17.3. The van der Waals surface area contributed by atoms with Gasteiger partial charge in [0.2, 0.25) is 11.8 Å². The maximum absolute atomic E-state index is 12.8. The lowest BCUT2D eigenvalue weighted by molar-refractivity contribution is -0.137. The van der Waals surface area contributed by atoms with E-state index in [9.17, 15) is 14.0 Å². The second-order valence-electron chi connectivity index (χ2n) is 5.40. The van der Waals surface area contributed by atoms with Crippen LogP contribution in [0, 0.1) is 5.82 Å². The quantitative estimate of drug-likeness (QED) is 0.825. The van der Waals surface area contributed by atoms with E-state index >= 15 is 0 Å². The third-order valence-corrected chi connectivity index (χ3v) is 3.79. The van der Waals surface area contributed by atoms with Crippen LogP contribution >= 0.6 is 0 Å². The first kappa shape index (κ1) is 16.4. The molecule has 6 heteroatoms. The van der Waals surface area contributed by atoms with Crippen molar-refractivity contribution < 1.29 is 14.0 Å². The third-order valence-electron chi connectivity index (χ3n) is 3.79. The highest BCUT2D eigenvalue weighted by molar-refractivity contribution is 5.87. The summed E-state index contributed by atoms with van der Waals surface area (Å²) in [5.41, 5.74) is 0.821. The molecule has 0 bridgehead atoms. The minimum Gasteiger partial charge on any atom is -0.350 e. The van der Waals surface area contributed by atoms with Gasteiger partial charge >= 0.3 is 0 Å². The fraction of sp³-hybridized carbons (Fsp3) is 0.500. The summed E-state index contributed by atoms with van der Waals surface area (Å²) >= 11 is 0. The summed E-state index contributed by atoms with van der Waals surface area (Å²) in [5, 5.41) is 5.90. The number of hydrogen-bond acceptors (Lipinski definition) is 3. The van der Waals surface area contributed by atoms with Crippen LogP contribution in [-0.2, 0) is 16.1 Å². The Labute approximate surface area is 129 Å². The van der Waals surface area contributed by atoms with Gasteiger partial charge in [-0.25, -0.2) is 4.39 Å². The zero-order chi connectivity index (χ0) is 15.9. The molecule has 1 fully saturated rings. The molecule has 0 aromatic heterocycles. The third kappa shape index (κ3) is 4.53. The van der Waals surface area contributed by atoms with E-state index in [1.165, 1.54) is 12.1 Å². The number of carbonyl (C=O) groups excluding carboxylic acids is 2. The summed E-state index contributed by atoms with van der Waals surface area (Å²) in [6, 6.07) is 5.80. The van der Waals surface area contributed by atoms with Gasteiger partial charge in [0.25, 0.3) is 0 Å². The van der Waals surface area contributed by atoms with E-state index in [0.717, 1.165) is 24.9 Å². The molecule has 120 valence electrons. The molecule has 2 rings (SSSR count). The van der Waals surface area contributed by atoms with Gasteiger partial charge in [0, 0.05) is 13.1 Å². The summed E-state index contributed by atoms with van der Waals surface area (Å²) in [5.74, 6) is -0.531. The summed E-state index contributed by atoms with van der Waals surface area (Å²) in [7, 11) is 0. The zero-order valence-corrected chi connectivity index (χ0v) is 12.8. The van der Waals surface area contributed by atoms with Crippen LogP contribution in [0.5, 0.6) is 0 Å². The van der Waals surface area contributed by atoms with Crippen molar-refractivity contribution in [3.8, 4) is 0 Å². The molecule has 1 unspecified atom stereocenters. The summed E-state index contributed by atoms with van der Waals surface area (Å²) in [6.07, 6.45) is 1.82. The maximum Gasteiger partial charge on any atom is 0.240 e. The Bertz CT molecular complexity index is 513. The van der Waals surface area contributed by atoms with E-state index in [-0.39, 0.29) is 30.2 Å². The fourth-order valence-corrected chi connectivity index (χ4v) is 2.49. The Morgan fingerprint density at radius 1 is 1.36 bits per heavy atom. The highest BCUT2D eigenvalue weighted by Gasteiger charge is 2.27. The van der Waals surface area contributed by atoms with Gasteiger partial charge in [-0.15, -0.1) is 0 Å². The molecule has 2 amide bonds. The van der Waals surface area contributed by atoms with Gasteiger partial charge < -0.3 is 15.5 Å². The van der Waals surface area contributed by atoms with E-state index < -0.39 is 0 Å². The largest absolute Gasteiger partial charge is 0.350 e. The second kappa shape index (κ2) is 7.89. The monoisotopic (exact) mass is 307 g/mol. The topological polar surface area (TPSA) is 61.4 Å². The molecule has 2 N–H and O–H groups in total. The van der Waals surface area contributed by atoms with Gasteiger partial charge in [-0.05, 0) is 44.0 Å². The molecule has 22 heavy (non-hydrogen) atoms. The Kier molecular flexibility index (Phi) is 5.89. The molecule has 1 aromatic carbocycles. The Balaban J connectivity index is 1.81. The highest BCUT2D eigenvalue weighted by Crippen LogP contribution is 2.08. The van der Waals surface area contributed by atoms with Gasteiger partial charge in [-0.2, -0.15) is 0 Å². The lowest BCUT2D eigenvalue weighted by atomic mass is 10.2. The average molecular weight is 307 g/mol. The molecule has 0 spiro atoms. The van der Waals surface area contributed by atoms with Crippen LogP contribution in [0.15, 0.2) is 24.3 Å². The number of carbonyl (C=O) groups is 2. The molecular formula is C16H22FN3O2. The number of nitrogens with zero attached hydrogens (tertiary/aromatic N) is 1. The number of amides is 2. The van der Waals surface area contributed by atoms with Crippen molar-refractivity contribution in [2.24, 2.45) is 0 Å². The molecule has 1 atom stereocenters. The average Bonchev–Trinajstić information content (AvgIpc) is 3.06. The molecule has 1 aliphatic heterocycles. The molecule has 0 aliphatic carbocycles. The minimum atomic E-state index is -0.304. The zero-order valence-electron chi connectivity index (χ0n) is 12.8. The summed E-state index contributed by atoms with van der Waals surface area (Å²) in [4.78, 5) is 25.8. The molecule has 0 radical (unpaired) electrons. The Hall–Kier alpha value is -1.95.